The van der Waals surface area contributed by atoms with Crippen LogP contribution in [0.15, 0.2) is 42.5 Å². The van der Waals surface area contributed by atoms with E-state index in [0.29, 0.717) is 5.56 Å². The van der Waals surface area contributed by atoms with Crippen LogP contribution in [-0.2, 0) is 14.3 Å². The summed E-state index contributed by atoms with van der Waals surface area (Å²) in [6.45, 7) is 3.50. The smallest absolute Gasteiger partial charge is 0.326 e. The van der Waals surface area contributed by atoms with Gasteiger partial charge in [0.1, 0.15) is 6.04 Å². The van der Waals surface area contributed by atoms with Gasteiger partial charge in [-0.05, 0) is 29.7 Å². The number of nitrogens with one attached hydrogen (secondary N) is 1. The largest absolute Gasteiger partial charge is 0.480 e. The third-order valence-corrected chi connectivity index (χ3v) is 3.95. The number of hydrogen-bond acceptors (Lipinski definition) is 4. The number of carboxylic acids is 1. The molecule has 2 aromatic rings. The van der Waals surface area contributed by atoms with Crippen molar-refractivity contribution in [2.24, 2.45) is 5.92 Å². The van der Waals surface area contributed by atoms with Crippen LogP contribution in [0.25, 0.3) is 10.8 Å². The highest BCUT2D eigenvalue weighted by Gasteiger charge is 2.29. The zero-order chi connectivity index (χ0) is 18.4. The number of aliphatic carboxylic acids is 1. The molecule has 0 fully saturated rings. The van der Waals surface area contributed by atoms with E-state index in [1.54, 1.807) is 26.0 Å². The molecule has 0 unspecified atom stereocenters. The molecule has 2 atom stereocenters. The third-order valence-electron chi connectivity index (χ3n) is 3.95. The van der Waals surface area contributed by atoms with Crippen LogP contribution in [0.4, 0.5) is 0 Å². The molecule has 0 aliphatic heterocycles. The molecule has 2 N–H and O–H groups in total. The van der Waals surface area contributed by atoms with Gasteiger partial charge in [-0.1, -0.05) is 43.3 Å². The number of ether oxygens (including phenoxy) is 1. The Hall–Kier alpha value is -2.89. The number of amides is 1. The second kappa shape index (κ2) is 8.28. The molecule has 0 aliphatic carbocycles. The first-order chi connectivity index (χ1) is 11.9. The Morgan fingerprint density at radius 3 is 2.48 bits per heavy atom. The Bertz CT molecular complexity index is 781. The van der Waals surface area contributed by atoms with E-state index >= 15 is 0 Å². The van der Waals surface area contributed by atoms with Gasteiger partial charge < -0.3 is 15.2 Å². The van der Waals surface area contributed by atoms with Gasteiger partial charge in [0.25, 0.3) is 5.91 Å². The molecule has 0 aliphatic rings. The van der Waals surface area contributed by atoms with E-state index in [2.05, 4.69) is 5.32 Å². The van der Waals surface area contributed by atoms with E-state index in [1.807, 2.05) is 30.3 Å². The van der Waals surface area contributed by atoms with Crippen molar-refractivity contribution >= 4 is 28.6 Å². The topological polar surface area (TPSA) is 92.7 Å². The first-order valence-electron chi connectivity index (χ1n) is 8.11. The van der Waals surface area contributed by atoms with Crippen LogP contribution in [0, 0.1) is 5.92 Å². The summed E-state index contributed by atoms with van der Waals surface area (Å²) in [5.74, 6) is -2.76. The molecule has 2 rings (SSSR count). The molecule has 25 heavy (non-hydrogen) atoms. The normalized spacial score (nSPS) is 13.0. The minimum absolute atomic E-state index is 0.0827. The Labute approximate surface area is 145 Å². The van der Waals surface area contributed by atoms with Crippen LogP contribution in [0.3, 0.4) is 0 Å². The van der Waals surface area contributed by atoms with Gasteiger partial charge >= 0.3 is 11.9 Å². The molecule has 0 radical (unpaired) electrons. The Kier molecular flexibility index (Phi) is 6.11. The maximum atomic E-state index is 12.6. The van der Waals surface area contributed by atoms with Crippen LogP contribution >= 0.6 is 0 Å². The van der Waals surface area contributed by atoms with Crippen molar-refractivity contribution in [3.8, 4) is 0 Å². The van der Waals surface area contributed by atoms with Crippen LogP contribution < -0.4 is 5.32 Å². The number of benzene rings is 2. The van der Waals surface area contributed by atoms with E-state index in [9.17, 15) is 19.5 Å². The van der Waals surface area contributed by atoms with Gasteiger partial charge in [0.2, 0.25) is 0 Å². The molecule has 0 bridgehead atoms. The fraction of sp³-hybridized carbons (Fsp3) is 0.316. The summed E-state index contributed by atoms with van der Waals surface area (Å²) in [6, 6.07) is 11.5. The van der Waals surface area contributed by atoms with Gasteiger partial charge in [-0.3, -0.25) is 9.59 Å². The van der Waals surface area contributed by atoms with Gasteiger partial charge in [0.15, 0.2) is 0 Å². The summed E-state index contributed by atoms with van der Waals surface area (Å²) < 4.78 is 4.85. The lowest BCUT2D eigenvalue weighted by atomic mass is 9.97. The average Bonchev–Trinajstić information content (AvgIpc) is 2.58. The van der Waals surface area contributed by atoms with Crippen molar-refractivity contribution < 1.29 is 24.2 Å². The average molecular weight is 343 g/mol. The Morgan fingerprint density at radius 2 is 1.80 bits per heavy atom. The number of carbonyl (C=O) groups is 3. The molecular formula is C19H21NO5. The maximum Gasteiger partial charge on any atom is 0.326 e. The van der Waals surface area contributed by atoms with Crippen molar-refractivity contribution in [1.82, 2.24) is 5.32 Å². The SMILES string of the molecule is CCOC(=O)C[C@@H](C)[C@H](NC(=O)c1cccc2ccccc12)C(=O)O. The van der Waals surface area contributed by atoms with E-state index in [1.165, 1.54) is 0 Å². The van der Waals surface area contributed by atoms with Crippen molar-refractivity contribution in [3.05, 3.63) is 48.0 Å². The highest BCUT2D eigenvalue weighted by molar-refractivity contribution is 6.07. The van der Waals surface area contributed by atoms with Crippen LogP contribution in [0.2, 0.25) is 0 Å². The van der Waals surface area contributed by atoms with Crippen molar-refractivity contribution in [2.45, 2.75) is 26.3 Å². The summed E-state index contributed by atoms with van der Waals surface area (Å²) in [7, 11) is 0. The monoisotopic (exact) mass is 343 g/mol. The number of rotatable bonds is 7. The Balaban J connectivity index is 2.20. The molecular weight excluding hydrogens is 322 g/mol. The van der Waals surface area contributed by atoms with Gasteiger partial charge in [-0.15, -0.1) is 0 Å². The van der Waals surface area contributed by atoms with E-state index < -0.39 is 29.8 Å². The number of carboxylic acid groups (broad SMARTS) is 1. The molecule has 6 nitrogen and oxygen atoms in total. The predicted octanol–water partition coefficient (Wildman–Crippen LogP) is 2.61. The van der Waals surface area contributed by atoms with Gasteiger partial charge in [0, 0.05) is 5.56 Å². The first-order valence-corrected chi connectivity index (χ1v) is 8.11. The van der Waals surface area contributed by atoms with E-state index in [0.717, 1.165) is 10.8 Å². The quantitative estimate of drug-likeness (QED) is 0.754. The lowest BCUT2D eigenvalue weighted by Crippen LogP contribution is -2.45. The van der Waals surface area contributed by atoms with Crippen molar-refractivity contribution in [1.29, 1.82) is 0 Å². The summed E-state index contributed by atoms with van der Waals surface area (Å²) in [5, 5.41) is 13.6. The molecule has 2 aromatic carbocycles. The molecule has 1 amide bonds. The van der Waals surface area contributed by atoms with Gasteiger partial charge in [-0.25, -0.2) is 4.79 Å². The fourth-order valence-corrected chi connectivity index (χ4v) is 2.69. The summed E-state index contributed by atoms with van der Waals surface area (Å²) in [4.78, 5) is 35.7. The zero-order valence-electron chi connectivity index (χ0n) is 14.2. The number of hydrogen-bond donors (Lipinski definition) is 2. The number of carbonyl (C=O) groups excluding carboxylic acids is 2. The van der Waals surface area contributed by atoms with Crippen LogP contribution in [0.1, 0.15) is 30.6 Å². The number of esters is 1. The molecule has 0 spiro atoms. The van der Waals surface area contributed by atoms with Crippen molar-refractivity contribution in [2.75, 3.05) is 6.61 Å². The number of fused-ring (bicyclic) bond motifs is 1. The zero-order valence-corrected chi connectivity index (χ0v) is 14.2. The lowest BCUT2D eigenvalue weighted by molar-refractivity contribution is -0.145. The molecule has 0 heterocycles. The minimum atomic E-state index is -1.19. The predicted molar refractivity (Wildman–Crippen MR) is 93.3 cm³/mol. The highest BCUT2D eigenvalue weighted by atomic mass is 16.5. The van der Waals surface area contributed by atoms with Crippen LogP contribution in [0.5, 0.6) is 0 Å². The molecule has 0 aromatic heterocycles. The van der Waals surface area contributed by atoms with Gasteiger partial charge in [-0.2, -0.15) is 0 Å². The molecule has 0 saturated heterocycles. The second-order valence-corrected chi connectivity index (χ2v) is 5.80. The molecule has 132 valence electrons. The Morgan fingerprint density at radius 1 is 1.12 bits per heavy atom. The van der Waals surface area contributed by atoms with Gasteiger partial charge in [0.05, 0.1) is 13.0 Å². The first kappa shape index (κ1) is 18.4. The van der Waals surface area contributed by atoms with Crippen molar-refractivity contribution in [3.63, 3.8) is 0 Å². The summed E-state index contributed by atoms with van der Waals surface area (Å²) in [6.07, 6.45) is -0.0827. The third kappa shape index (κ3) is 4.56. The second-order valence-electron chi connectivity index (χ2n) is 5.80. The van der Waals surface area contributed by atoms with Crippen LogP contribution in [-0.4, -0.2) is 35.6 Å². The molecule has 6 heteroatoms. The van der Waals surface area contributed by atoms with E-state index in [-0.39, 0.29) is 13.0 Å². The van der Waals surface area contributed by atoms with E-state index in [4.69, 9.17) is 4.74 Å². The molecule has 0 saturated carbocycles. The summed E-state index contributed by atoms with van der Waals surface area (Å²) >= 11 is 0. The highest BCUT2D eigenvalue weighted by Crippen LogP contribution is 2.19. The fourth-order valence-electron chi connectivity index (χ4n) is 2.69. The standard InChI is InChI=1S/C19H21NO5/c1-3-25-16(21)11-12(2)17(19(23)24)20-18(22)15-10-6-8-13-7-4-5-9-14(13)15/h4-10,12,17H,3,11H2,1-2H3,(H,20,22)(H,23,24)/t12-,17+/m1/s1. The maximum absolute atomic E-state index is 12.6. The lowest BCUT2D eigenvalue weighted by Gasteiger charge is -2.21. The minimum Gasteiger partial charge on any atom is -0.480 e. The summed E-state index contributed by atoms with van der Waals surface area (Å²) in [5.41, 5.74) is 0.396.